The lowest BCUT2D eigenvalue weighted by Gasteiger charge is -2.26. The Morgan fingerprint density at radius 1 is 1.30 bits per heavy atom. The van der Waals surface area contributed by atoms with Crippen molar-refractivity contribution in [2.24, 2.45) is 5.92 Å². The van der Waals surface area contributed by atoms with Crippen LogP contribution >= 0.6 is 11.3 Å². The smallest absolute Gasteiger partial charge is 0.242 e. The van der Waals surface area contributed by atoms with Gasteiger partial charge >= 0.3 is 0 Å². The van der Waals surface area contributed by atoms with Crippen molar-refractivity contribution in [1.29, 1.82) is 0 Å². The summed E-state index contributed by atoms with van der Waals surface area (Å²) in [6, 6.07) is 0.0953. The maximum Gasteiger partial charge on any atom is 0.242 e. The van der Waals surface area contributed by atoms with Crippen LogP contribution in [0.15, 0.2) is 10.3 Å². The Labute approximate surface area is 126 Å². The zero-order valence-electron chi connectivity index (χ0n) is 12.4. The van der Waals surface area contributed by atoms with Crippen molar-refractivity contribution in [2.75, 3.05) is 7.05 Å². The summed E-state index contributed by atoms with van der Waals surface area (Å²) in [5.41, 5.74) is 0.844. The van der Waals surface area contributed by atoms with Crippen molar-refractivity contribution in [3.63, 3.8) is 0 Å². The number of aryl methyl sites for hydroxylation is 1. The summed E-state index contributed by atoms with van der Waals surface area (Å²) in [7, 11) is -1.56. The molecule has 1 aromatic rings. The Bertz CT molecular complexity index is 544. The van der Waals surface area contributed by atoms with Crippen LogP contribution in [0.5, 0.6) is 0 Å². The van der Waals surface area contributed by atoms with Crippen LogP contribution in [0.3, 0.4) is 0 Å². The minimum absolute atomic E-state index is 0.0953. The van der Waals surface area contributed by atoms with Gasteiger partial charge in [-0.2, -0.15) is 0 Å². The molecule has 0 aromatic carbocycles. The standard InChI is InChI=1S/C14H24N2O2S2/c1-10-4-6-12(7-5-10)16-20(17,18)14-11(2)9-19-13(14)8-15-3/h9-10,12,15-16H,4-8H2,1-3H3. The number of hydrogen-bond donors (Lipinski definition) is 2. The Balaban J connectivity index is 2.16. The molecule has 2 N–H and O–H groups in total. The highest BCUT2D eigenvalue weighted by atomic mass is 32.2. The van der Waals surface area contributed by atoms with E-state index in [1.807, 2.05) is 19.4 Å². The fourth-order valence-corrected chi connectivity index (χ4v) is 5.91. The second kappa shape index (κ2) is 6.56. The van der Waals surface area contributed by atoms with Crippen LogP contribution in [-0.2, 0) is 16.6 Å². The van der Waals surface area contributed by atoms with Gasteiger partial charge in [-0.15, -0.1) is 11.3 Å². The predicted octanol–water partition coefficient (Wildman–Crippen LogP) is 2.63. The van der Waals surface area contributed by atoms with Crippen LogP contribution in [0, 0.1) is 12.8 Å². The average molecular weight is 316 g/mol. The first-order valence-electron chi connectivity index (χ1n) is 7.18. The zero-order chi connectivity index (χ0) is 14.8. The maximum atomic E-state index is 12.6. The second-order valence-corrected chi connectivity index (χ2v) is 8.39. The van der Waals surface area contributed by atoms with E-state index in [0.717, 1.165) is 42.0 Å². The van der Waals surface area contributed by atoms with Gasteiger partial charge in [0.25, 0.3) is 0 Å². The molecular formula is C14H24N2O2S2. The third kappa shape index (κ3) is 3.61. The van der Waals surface area contributed by atoms with E-state index in [0.29, 0.717) is 11.4 Å². The highest BCUT2D eigenvalue weighted by Gasteiger charge is 2.27. The molecule has 0 radical (unpaired) electrons. The lowest BCUT2D eigenvalue weighted by molar-refractivity contribution is 0.332. The van der Waals surface area contributed by atoms with Gasteiger partial charge in [0.05, 0.1) is 0 Å². The number of nitrogens with one attached hydrogen (secondary N) is 2. The monoisotopic (exact) mass is 316 g/mol. The molecule has 6 heteroatoms. The molecule has 0 saturated heterocycles. The predicted molar refractivity (Wildman–Crippen MR) is 83.6 cm³/mol. The molecule has 0 atom stereocenters. The van der Waals surface area contributed by atoms with Gasteiger partial charge in [-0.25, -0.2) is 13.1 Å². The average Bonchev–Trinajstić information content (AvgIpc) is 2.74. The summed E-state index contributed by atoms with van der Waals surface area (Å²) in [6.45, 7) is 4.70. The first-order valence-corrected chi connectivity index (χ1v) is 9.54. The first-order chi connectivity index (χ1) is 9.44. The third-order valence-electron chi connectivity index (χ3n) is 3.93. The van der Waals surface area contributed by atoms with Crippen molar-refractivity contribution in [2.45, 2.75) is 57.0 Å². The Morgan fingerprint density at radius 2 is 1.95 bits per heavy atom. The van der Waals surface area contributed by atoms with Gasteiger partial charge in [-0.3, -0.25) is 0 Å². The van der Waals surface area contributed by atoms with E-state index in [-0.39, 0.29) is 6.04 Å². The molecule has 1 fully saturated rings. The Morgan fingerprint density at radius 3 is 2.55 bits per heavy atom. The minimum Gasteiger partial charge on any atom is -0.315 e. The Kier molecular flexibility index (Phi) is 5.23. The lowest BCUT2D eigenvalue weighted by atomic mass is 9.88. The van der Waals surface area contributed by atoms with Crippen LogP contribution in [-0.4, -0.2) is 21.5 Å². The molecule has 0 aliphatic heterocycles. The molecule has 0 amide bonds. The molecule has 114 valence electrons. The molecule has 2 rings (SSSR count). The molecule has 1 saturated carbocycles. The zero-order valence-corrected chi connectivity index (χ0v) is 14.0. The van der Waals surface area contributed by atoms with E-state index in [9.17, 15) is 8.42 Å². The maximum absolute atomic E-state index is 12.6. The van der Waals surface area contributed by atoms with E-state index in [2.05, 4.69) is 17.0 Å². The fourth-order valence-electron chi connectivity index (χ4n) is 2.79. The molecule has 1 heterocycles. The number of hydrogen-bond acceptors (Lipinski definition) is 4. The van der Waals surface area contributed by atoms with Crippen LogP contribution in [0.4, 0.5) is 0 Å². The molecule has 1 aliphatic rings. The van der Waals surface area contributed by atoms with Gasteiger partial charge in [0.1, 0.15) is 4.90 Å². The van der Waals surface area contributed by atoms with Crippen molar-refractivity contribution >= 4 is 21.4 Å². The van der Waals surface area contributed by atoms with Crippen LogP contribution in [0.2, 0.25) is 0 Å². The molecule has 0 spiro atoms. The van der Waals surface area contributed by atoms with Gasteiger partial charge in [0, 0.05) is 17.5 Å². The van der Waals surface area contributed by atoms with E-state index < -0.39 is 10.0 Å². The minimum atomic E-state index is -3.40. The van der Waals surface area contributed by atoms with Crippen molar-refractivity contribution in [3.05, 3.63) is 15.8 Å². The van der Waals surface area contributed by atoms with Crippen molar-refractivity contribution < 1.29 is 8.42 Å². The summed E-state index contributed by atoms with van der Waals surface area (Å²) in [5.74, 6) is 0.721. The summed E-state index contributed by atoms with van der Waals surface area (Å²) < 4.78 is 28.2. The third-order valence-corrected chi connectivity index (χ3v) is 6.92. The number of sulfonamides is 1. The second-order valence-electron chi connectivity index (χ2n) is 5.78. The van der Waals surface area contributed by atoms with Gasteiger partial charge in [-0.1, -0.05) is 6.92 Å². The molecule has 20 heavy (non-hydrogen) atoms. The Hall–Kier alpha value is -0.430. The highest BCUT2D eigenvalue weighted by molar-refractivity contribution is 7.89. The SMILES string of the molecule is CNCc1scc(C)c1S(=O)(=O)NC1CCC(C)CC1. The van der Waals surface area contributed by atoms with Gasteiger partial charge in [-0.05, 0) is 56.5 Å². The largest absolute Gasteiger partial charge is 0.315 e. The van der Waals surface area contributed by atoms with Crippen LogP contribution < -0.4 is 10.0 Å². The summed E-state index contributed by atoms with van der Waals surface area (Å²) in [5, 5.41) is 4.96. The lowest BCUT2D eigenvalue weighted by Crippen LogP contribution is -2.37. The number of rotatable bonds is 5. The summed E-state index contributed by atoms with van der Waals surface area (Å²) in [6.07, 6.45) is 4.12. The van der Waals surface area contributed by atoms with Gasteiger partial charge in [0.15, 0.2) is 0 Å². The first kappa shape index (κ1) is 15.9. The van der Waals surface area contributed by atoms with E-state index in [1.54, 1.807) is 0 Å². The molecule has 0 unspecified atom stereocenters. The van der Waals surface area contributed by atoms with Crippen molar-refractivity contribution in [1.82, 2.24) is 10.0 Å². The number of thiophene rings is 1. The van der Waals surface area contributed by atoms with E-state index in [1.165, 1.54) is 11.3 Å². The quantitative estimate of drug-likeness (QED) is 0.878. The van der Waals surface area contributed by atoms with Gasteiger partial charge in [0.2, 0.25) is 10.0 Å². The topological polar surface area (TPSA) is 58.2 Å². The van der Waals surface area contributed by atoms with Crippen molar-refractivity contribution in [3.8, 4) is 0 Å². The molecule has 1 aliphatic carbocycles. The highest BCUT2D eigenvalue weighted by Crippen LogP contribution is 2.29. The van der Waals surface area contributed by atoms with E-state index in [4.69, 9.17) is 0 Å². The van der Waals surface area contributed by atoms with Crippen LogP contribution in [0.25, 0.3) is 0 Å². The summed E-state index contributed by atoms with van der Waals surface area (Å²) in [4.78, 5) is 1.37. The molecule has 1 aromatic heterocycles. The molecule has 4 nitrogen and oxygen atoms in total. The molecule has 0 bridgehead atoms. The van der Waals surface area contributed by atoms with E-state index >= 15 is 0 Å². The molecular weight excluding hydrogens is 292 g/mol. The van der Waals surface area contributed by atoms with Crippen LogP contribution in [0.1, 0.15) is 43.0 Å². The summed E-state index contributed by atoms with van der Waals surface area (Å²) >= 11 is 1.51. The fraction of sp³-hybridized carbons (Fsp3) is 0.714. The van der Waals surface area contributed by atoms with Gasteiger partial charge < -0.3 is 5.32 Å². The normalized spacial score (nSPS) is 23.9.